The van der Waals surface area contributed by atoms with Gasteiger partial charge in [-0.1, -0.05) is 0 Å². The Kier molecular flexibility index (Phi) is 4.56. The van der Waals surface area contributed by atoms with E-state index in [9.17, 15) is 18.0 Å². The molecule has 0 unspecified atom stereocenters. The van der Waals surface area contributed by atoms with Crippen LogP contribution in [0.25, 0.3) is 21.8 Å². The zero-order chi connectivity index (χ0) is 21.7. The summed E-state index contributed by atoms with van der Waals surface area (Å²) in [4.78, 5) is 22.1. The van der Waals surface area contributed by atoms with Gasteiger partial charge in [-0.2, -0.15) is 5.10 Å². The highest BCUT2D eigenvalue weighted by Gasteiger charge is 2.26. The van der Waals surface area contributed by atoms with Crippen molar-refractivity contribution in [3.63, 3.8) is 0 Å². The first kappa shape index (κ1) is 19.6. The monoisotopic (exact) mass is 414 g/mol. The third-order valence-corrected chi connectivity index (χ3v) is 5.16. The van der Waals surface area contributed by atoms with Gasteiger partial charge in [0, 0.05) is 31.6 Å². The van der Waals surface area contributed by atoms with Crippen molar-refractivity contribution in [2.45, 2.75) is 13.0 Å². The van der Waals surface area contributed by atoms with Crippen LogP contribution in [0, 0.1) is 17.5 Å². The lowest BCUT2D eigenvalue weighted by atomic mass is 10.1. The number of halogens is 3. The number of benzene rings is 1. The molecule has 0 aliphatic carbocycles. The van der Waals surface area contributed by atoms with Crippen LogP contribution in [0.15, 0.2) is 30.6 Å². The molecule has 0 saturated carbocycles. The smallest absolute Gasteiger partial charge is 0.257 e. The second kappa shape index (κ2) is 6.97. The molecule has 0 saturated heterocycles. The number of pyridine rings is 2. The summed E-state index contributed by atoms with van der Waals surface area (Å²) in [7, 11) is 3.09. The number of aryl methyl sites for hydroxylation is 1. The Bertz CT molecular complexity index is 1320. The lowest BCUT2D eigenvalue weighted by molar-refractivity contribution is 0.0732. The molecule has 4 rings (SSSR count). The van der Waals surface area contributed by atoms with Gasteiger partial charge in [-0.05, 0) is 13.0 Å². The number of anilines is 1. The summed E-state index contributed by atoms with van der Waals surface area (Å²) in [6.07, 6.45) is 2.40. The zero-order valence-corrected chi connectivity index (χ0v) is 16.3. The van der Waals surface area contributed by atoms with Crippen molar-refractivity contribution in [3.05, 3.63) is 59.3 Å². The molecule has 3 aromatic heterocycles. The second-order valence-corrected chi connectivity index (χ2v) is 6.99. The fraction of sp³-hybridized carbons (Fsp3) is 0.200. The zero-order valence-electron chi connectivity index (χ0n) is 16.3. The topological polar surface area (TPSA) is 89.9 Å². The van der Waals surface area contributed by atoms with E-state index in [1.165, 1.54) is 20.0 Å². The largest absolute Gasteiger partial charge is 0.383 e. The molecule has 154 valence electrons. The molecule has 0 bridgehead atoms. The van der Waals surface area contributed by atoms with Crippen molar-refractivity contribution in [2.24, 2.45) is 7.05 Å². The van der Waals surface area contributed by atoms with E-state index in [2.05, 4.69) is 15.1 Å². The Morgan fingerprint density at radius 3 is 2.57 bits per heavy atom. The molecule has 1 atom stereocenters. The van der Waals surface area contributed by atoms with Crippen molar-refractivity contribution < 1.29 is 18.0 Å². The minimum absolute atomic E-state index is 0.128. The Morgan fingerprint density at radius 1 is 1.13 bits per heavy atom. The second-order valence-electron chi connectivity index (χ2n) is 6.99. The van der Waals surface area contributed by atoms with Crippen molar-refractivity contribution in [1.29, 1.82) is 0 Å². The number of hydrogen-bond donors (Lipinski definition) is 1. The van der Waals surface area contributed by atoms with Crippen LogP contribution in [0.4, 0.5) is 19.0 Å². The molecular formula is C20H17F3N6O. The average Bonchev–Trinajstić information content (AvgIpc) is 3.08. The van der Waals surface area contributed by atoms with E-state index in [1.807, 2.05) is 0 Å². The van der Waals surface area contributed by atoms with Gasteiger partial charge in [0.15, 0.2) is 0 Å². The summed E-state index contributed by atoms with van der Waals surface area (Å²) in [6.45, 7) is 1.52. The summed E-state index contributed by atoms with van der Waals surface area (Å²) in [5, 5.41) is 5.22. The first-order chi connectivity index (χ1) is 14.2. The number of hydrogen-bond acceptors (Lipinski definition) is 5. The van der Waals surface area contributed by atoms with E-state index in [4.69, 9.17) is 5.73 Å². The first-order valence-corrected chi connectivity index (χ1v) is 8.97. The standard InChI is InChI=1S/C20H17F3N6O/c1-9(17-15(23)4-10(21)7-25-17)28(2)20(30)11-5-12-16(6-14(11)22)27-19(24)13-8-26-29(3)18(12)13/h4-9H,1-3H3,(H2,24,27)/t9-/m1/s1. The molecule has 0 fully saturated rings. The van der Waals surface area contributed by atoms with Gasteiger partial charge in [0.1, 0.15) is 23.3 Å². The van der Waals surface area contributed by atoms with Gasteiger partial charge in [0.25, 0.3) is 5.91 Å². The van der Waals surface area contributed by atoms with Crippen molar-refractivity contribution in [1.82, 2.24) is 24.6 Å². The van der Waals surface area contributed by atoms with Crippen LogP contribution in [-0.4, -0.2) is 37.6 Å². The molecule has 1 aromatic carbocycles. The number of fused-ring (bicyclic) bond motifs is 3. The minimum atomic E-state index is -0.891. The number of nitrogens with two attached hydrogens (primary N) is 1. The number of carbonyl (C=O) groups excluding carboxylic acids is 1. The third kappa shape index (κ3) is 3.00. The number of nitrogen functional groups attached to an aromatic ring is 1. The quantitative estimate of drug-likeness (QED) is 0.555. The van der Waals surface area contributed by atoms with Gasteiger partial charge in [0.05, 0.1) is 46.1 Å². The number of nitrogens with zero attached hydrogens (tertiary/aromatic N) is 5. The van der Waals surface area contributed by atoms with Crippen molar-refractivity contribution >= 4 is 33.5 Å². The highest BCUT2D eigenvalue weighted by molar-refractivity contribution is 6.10. The number of aromatic nitrogens is 4. The van der Waals surface area contributed by atoms with E-state index >= 15 is 0 Å². The normalized spacial score (nSPS) is 12.5. The SMILES string of the molecule is C[C@H](c1ncc(F)cc1F)N(C)C(=O)c1cc2c(cc1F)nc(N)c1cnn(C)c12. The number of carbonyl (C=O) groups is 1. The maximum Gasteiger partial charge on any atom is 0.257 e. The summed E-state index contributed by atoms with van der Waals surface area (Å²) in [5.41, 5.74) is 6.46. The predicted octanol–water partition coefficient (Wildman–Crippen LogP) is 3.35. The van der Waals surface area contributed by atoms with Gasteiger partial charge in [-0.3, -0.25) is 14.5 Å². The highest BCUT2D eigenvalue weighted by Crippen LogP contribution is 2.30. The Labute approximate surface area is 168 Å². The number of amides is 1. The lowest BCUT2D eigenvalue weighted by Gasteiger charge is -2.25. The van der Waals surface area contributed by atoms with Gasteiger partial charge < -0.3 is 10.6 Å². The average molecular weight is 414 g/mol. The van der Waals surface area contributed by atoms with Crippen LogP contribution >= 0.6 is 0 Å². The van der Waals surface area contributed by atoms with Crippen molar-refractivity contribution in [2.75, 3.05) is 12.8 Å². The Morgan fingerprint density at radius 2 is 1.87 bits per heavy atom. The van der Waals surface area contributed by atoms with E-state index in [0.717, 1.165) is 17.2 Å². The fourth-order valence-electron chi connectivity index (χ4n) is 3.43. The maximum absolute atomic E-state index is 14.8. The van der Waals surface area contributed by atoms with Crippen molar-refractivity contribution in [3.8, 4) is 0 Å². The Hall–Kier alpha value is -3.69. The molecule has 2 N–H and O–H groups in total. The molecular weight excluding hydrogens is 397 g/mol. The molecule has 1 amide bonds. The summed E-state index contributed by atoms with van der Waals surface area (Å²) in [6, 6.07) is 2.32. The highest BCUT2D eigenvalue weighted by atomic mass is 19.1. The minimum Gasteiger partial charge on any atom is -0.383 e. The third-order valence-electron chi connectivity index (χ3n) is 5.16. The summed E-state index contributed by atoms with van der Waals surface area (Å²) >= 11 is 0. The molecule has 0 aliphatic heterocycles. The molecule has 10 heteroatoms. The van der Waals surface area contributed by atoms with Crippen LogP contribution in [-0.2, 0) is 7.05 Å². The summed E-state index contributed by atoms with van der Waals surface area (Å²) < 4.78 is 43.6. The van der Waals surface area contributed by atoms with E-state index in [1.54, 1.807) is 17.9 Å². The van der Waals surface area contributed by atoms with E-state index < -0.39 is 29.4 Å². The Balaban J connectivity index is 1.81. The predicted molar refractivity (Wildman–Crippen MR) is 105 cm³/mol. The molecule has 7 nitrogen and oxygen atoms in total. The molecule has 0 radical (unpaired) electrons. The van der Waals surface area contributed by atoms with Crippen LogP contribution in [0.1, 0.15) is 29.0 Å². The van der Waals surface area contributed by atoms with E-state index in [0.29, 0.717) is 22.4 Å². The number of rotatable bonds is 3. The van der Waals surface area contributed by atoms with Crippen LogP contribution < -0.4 is 5.73 Å². The van der Waals surface area contributed by atoms with E-state index in [-0.39, 0.29) is 22.6 Å². The van der Waals surface area contributed by atoms with Gasteiger partial charge >= 0.3 is 0 Å². The maximum atomic E-state index is 14.8. The fourth-order valence-corrected chi connectivity index (χ4v) is 3.43. The summed E-state index contributed by atoms with van der Waals surface area (Å²) in [5.74, 6) is -3.01. The first-order valence-electron chi connectivity index (χ1n) is 8.97. The molecule has 4 aromatic rings. The van der Waals surface area contributed by atoms with Crippen LogP contribution in [0.2, 0.25) is 0 Å². The molecule has 3 heterocycles. The van der Waals surface area contributed by atoms with Crippen LogP contribution in [0.5, 0.6) is 0 Å². The van der Waals surface area contributed by atoms with Gasteiger partial charge in [-0.25, -0.2) is 18.2 Å². The van der Waals surface area contributed by atoms with Gasteiger partial charge in [-0.15, -0.1) is 0 Å². The van der Waals surface area contributed by atoms with Crippen LogP contribution in [0.3, 0.4) is 0 Å². The molecule has 0 aliphatic rings. The molecule has 30 heavy (non-hydrogen) atoms. The lowest BCUT2D eigenvalue weighted by Crippen LogP contribution is -2.31. The van der Waals surface area contributed by atoms with Gasteiger partial charge in [0.2, 0.25) is 0 Å². The molecule has 0 spiro atoms.